The molecule has 1 fully saturated rings. The van der Waals surface area contributed by atoms with E-state index in [0.29, 0.717) is 13.2 Å². The summed E-state index contributed by atoms with van der Waals surface area (Å²) in [5.74, 6) is -0.125. The fourth-order valence-corrected chi connectivity index (χ4v) is 2.20. The van der Waals surface area contributed by atoms with Crippen LogP contribution in [0, 0.1) is 5.41 Å². The van der Waals surface area contributed by atoms with Gasteiger partial charge in [0, 0.05) is 11.0 Å². The summed E-state index contributed by atoms with van der Waals surface area (Å²) < 4.78 is 17.2. The van der Waals surface area contributed by atoms with Gasteiger partial charge in [0.05, 0.1) is 26.9 Å². The van der Waals surface area contributed by atoms with Crippen LogP contribution in [0.15, 0.2) is 24.3 Å². The number of hydrogen-bond donors (Lipinski definition) is 1. The van der Waals surface area contributed by atoms with Crippen LogP contribution in [0.2, 0.25) is 0 Å². The van der Waals surface area contributed by atoms with Crippen molar-refractivity contribution >= 4 is 0 Å². The number of methoxy groups -OCH3 is 1. The molecule has 1 aliphatic rings. The summed E-state index contributed by atoms with van der Waals surface area (Å²) in [5.41, 5.74) is 0.551. The highest BCUT2D eigenvalue weighted by molar-refractivity contribution is 5.29. The lowest BCUT2D eigenvalue weighted by Gasteiger charge is -2.47. The Balaban J connectivity index is 2.27. The molecule has 0 spiro atoms. The van der Waals surface area contributed by atoms with Gasteiger partial charge in [-0.25, -0.2) is 0 Å². The van der Waals surface area contributed by atoms with Crippen LogP contribution >= 0.6 is 0 Å². The van der Waals surface area contributed by atoms with Gasteiger partial charge in [-0.1, -0.05) is 6.92 Å². The first-order valence-corrected chi connectivity index (χ1v) is 6.66. The lowest BCUT2D eigenvalue weighted by Crippen LogP contribution is -2.55. The summed E-state index contributed by atoms with van der Waals surface area (Å²) >= 11 is 0. The van der Waals surface area contributed by atoms with Crippen molar-refractivity contribution < 1.29 is 19.3 Å². The molecule has 5 heteroatoms. The highest BCUT2D eigenvalue weighted by atomic mass is 16.7. The first kappa shape index (κ1) is 15.3. The molecule has 0 unspecified atom stereocenters. The van der Waals surface area contributed by atoms with E-state index in [-0.39, 0.29) is 12.0 Å². The zero-order valence-electron chi connectivity index (χ0n) is 12.5. The second kappa shape index (κ2) is 5.69. The average molecular weight is 281 g/mol. The Labute approximate surface area is 120 Å². The maximum absolute atomic E-state index is 9.41. The van der Waals surface area contributed by atoms with E-state index in [2.05, 4.69) is 0 Å². The van der Waals surface area contributed by atoms with Crippen LogP contribution in [0.4, 0.5) is 0 Å². The van der Waals surface area contributed by atoms with Crippen molar-refractivity contribution in [1.29, 1.82) is 0 Å². The van der Waals surface area contributed by atoms with Gasteiger partial charge in [0.15, 0.2) is 0 Å². The molecule has 1 N–H and O–H groups in total. The zero-order chi connectivity index (χ0) is 14.8. The van der Waals surface area contributed by atoms with Crippen molar-refractivity contribution in [2.45, 2.75) is 12.8 Å². The molecule has 0 radical (unpaired) electrons. The van der Waals surface area contributed by atoms with Crippen LogP contribution in [0.3, 0.4) is 0 Å². The third-order valence-electron chi connectivity index (χ3n) is 3.66. The topological polar surface area (TPSA) is 51.2 Å². The minimum absolute atomic E-state index is 0.0408. The van der Waals surface area contributed by atoms with E-state index in [4.69, 9.17) is 14.2 Å². The molecule has 1 saturated heterocycles. The molecule has 20 heavy (non-hydrogen) atoms. The molecule has 112 valence electrons. The summed E-state index contributed by atoms with van der Waals surface area (Å²) in [6.45, 7) is 2.86. The summed E-state index contributed by atoms with van der Waals surface area (Å²) in [4.78, 5) is 1.89. The van der Waals surface area contributed by atoms with E-state index in [1.165, 1.54) is 0 Å². The number of benzene rings is 1. The van der Waals surface area contributed by atoms with Gasteiger partial charge in [0.2, 0.25) is 0 Å². The third-order valence-corrected chi connectivity index (χ3v) is 3.66. The van der Waals surface area contributed by atoms with Gasteiger partial charge in [-0.3, -0.25) is 4.90 Å². The van der Waals surface area contributed by atoms with Crippen LogP contribution in [0.1, 0.15) is 12.5 Å². The Bertz CT molecular complexity index is 436. The van der Waals surface area contributed by atoms with E-state index in [1.54, 1.807) is 7.11 Å². The Kier molecular flexibility index (Phi) is 4.34. The Hall–Kier alpha value is -1.14. The molecule has 0 amide bonds. The Morgan fingerprint density at radius 3 is 2.15 bits per heavy atom. The van der Waals surface area contributed by atoms with Gasteiger partial charge in [-0.15, -0.1) is 0 Å². The number of aliphatic hydroxyl groups excluding tert-OH is 1. The predicted molar refractivity (Wildman–Crippen MR) is 75.5 cm³/mol. The average Bonchev–Trinajstić information content (AvgIpc) is 2.48. The minimum Gasteiger partial charge on any atom is -0.497 e. The summed E-state index contributed by atoms with van der Waals surface area (Å²) in [6, 6.07) is 7.63. The molecule has 0 aromatic heterocycles. The van der Waals surface area contributed by atoms with Gasteiger partial charge in [0.25, 0.3) is 5.91 Å². The summed E-state index contributed by atoms with van der Waals surface area (Å²) in [7, 11) is 5.45. The largest absolute Gasteiger partial charge is 0.497 e. The van der Waals surface area contributed by atoms with Gasteiger partial charge in [-0.2, -0.15) is 0 Å². The lowest BCUT2D eigenvalue weighted by atomic mass is 9.93. The molecule has 2 rings (SSSR count). The molecule has 5 nitrogen and oxygen atoms in total. The molecule has 0 bridgehead atoms. The van der Waals surface area contributed by atoms with E-state index >= 15 is 0 Å². The number of rotatable bonds is 4. The first-order chi connectivity index (χ1) is 9.46. The number of ether oxygens (including phenoxy) is 3. The minimum atomic E-state index is -0.916. The second-order valence-corrected chi connectivity index (χ2v) is 5.75. The molecule has 0 saturated carbocycles. The van der Waals surface area contributed by atoms with Crippen molar-refractivity contribution in [2.24, 2.45) is 5.41 Å². The van der Waals surface area contributed by atoms with Gasteiger partial charge >= 0.3 is 0 Å². The highest BCUT2D eigenvalue weighted by Gasteiger charge is 2.45. The Morgan fingerprint density at radius 1 is 1.20 bits per heavy atom. The number of hydrogen-bond acceptors (Lipinski definition) is 5. The quantitative estimate of drug-likeness (QED) is 0.904. The van der Waals surface area contributed by atoms with Crippen LogP contribution in [0.5, 0.6) is 5.75 Å². The predicted octanol–water partition coefficient (Wildman–Crippen LogP) is 1.41. The van der Waals surface area contributed by atoms with Gasteiger partial charge in [0.1, 0.15) is 5.75 Å². The third kappa shape index (κ3) is 2.67. The number of aliphatic hydroxyl groups is 1. The van der Waals surface area contributed by atoms with Gasteiger partial charge < -0.3 is 19.3 Å². The normalized spacial score (nSPS) is 30.5. The van der Waals surface area contributed by atoms with E-state index in [0.717, 1.165) is 11.3 Å². The smallest absolute Gasteiger partial charge is 0.257 e. The summed E-state index contributed by atoms with van der Waals surface area (Å²) in [6.07, 6.45) is 0. The number of nitrogens with zero attached hydrogens (tertiary/aromatic N) is 1. The van der Waals surface area contributed by atoms with Crippen LogP contribution < -0.4 is 4.74 Å². The van der Waals surface area contributed by atoms with E-state index in [9.17, 15) is 5.11 Å². The fraction of sp³-hybridized carbons (Fsp3) is 0.600. The van der Waals surface area contributed by atoms with Crippen LogP contribution in [-0.2, 0) is 15.4 Å². The van der Waals surface area contributed by atoms with Crippen molar-refractivity contribution in [2.75, 3.05) is 41.0 Å². The maximum Gasteiger partial charge on any atom is 0.257 e. The Morgan fingerprint density at radius 2 is 1.75 bits per heavy atom. The maximum atomic E-state index is 9.41. The SMILES string of the molecule is COc1ccc(C2(N(C)C)OCC(C)(CO)CO2)cc1. The molecule has 0 atom stereocenters. The van der Waals surface area contributed by atoms with E-state index in [1.807, 2.05) is 50.2 Å². The van der Waals surface area contributed by atoms with Crippen molar-refractivity contribution in [3.8, 4) is 5.75 Å². The first-order valence-electron chi connectivity index (χ1n) is 6.66. The summed E-state index contributed by atoms with van der Waals surface area (Å²) in [5, 5.41) is 9.41. The molecule has 1 aromatic carbocycles. The molecule has 1 aromatic rings. The second-order valence-electron chi connectivity index (χ2n) is 5.75. The standard InChI is InChI=1S/C15H23NO4/c1-14(9-17)10-19-15(16(2)3,20-11-14)12-5-7-13(18-4)8-6-12/h5-8,17H,9-11H2,1-4H3. The van der Waals surface area contributed by atoms with E-state index < -0.39 is 5.91 Å². The molecule has 0 aliphatic carbocycles. The zero-order valence-corrected chi connectivity index (χ0v) is 12.5. The van der Waals surface area contributed by atoms with Crippen molar-refractivity contribution in [3.05, 3.63) is 29.8 Å². The molecule has 1 aliphatic heterocycles. The molecular weight excluding hydrogens is 258 g/mol. The van der Waals surface area contributed by atoms with Crippen LogP contribution in [0.25, 0.3) is 0 Å². The highest BCUT2D eigenvalue weighted by Crippen LogP contribution is 2.38. The van der Waals surface area contributed by atoms with Gasteiger partial charge in [-0.05, 0) is 38.4 Å². The van der Waals surface area contributed by atoms with Crippen LogP contribution in [-0.4, -0.2) is 51.0 Å². The van der Waals surface area contributed by atoms with Crippen molar-refractivity contribution in [1.82, 2.24) is 4.90 Å². The monoisotopic (exact) mass is 281 g/mol. The lowest BCUT2D eigenvalue weighted by molar-refractivity contribution is -0.370. The molecule has 1 heterocycles. The van der Waals surface area contributed by atoms with Crippen molar-refractivity contribution in [3.63, 3.8) is 0 Å². The molecular formula is C15H23NO4. The fourth-order valence-electron chi connectivity index (χ4n) is 2.20.